The molecule has 0 saturated carbocycles. The van der Waals surface area contributed by atoms with E-state index in [2.05, 4.69) is 364 Å². The van der Waals surface area contributed by atoms with E-state index in [4.69, 9.17) is 9.31 Å². The van der Waals surface area contributed by atoms with Crippen molar-refractivity contribution < 1.29 is 9.31 Å². The molecule has 434 valence electrons. The summed E-state index contributed by atoms with van der Waals surface area (Å²) in [6.07, 6.45) is 0. The molecule has 1 aliphatic rings. The predicted molar refractivity (Wildman–Crippen MR) is 398 cm³/mol. The lowest BCUT2D eigenvalue weighted by Gasteiger charge is -2.32. The Hall–Kier alpha value is -8.61. The van der Waals surface area contributed by atoms with Crippen LogP contribution in [0.5, 0.6) is 0 Å². The smallest absolute Gasteiger partial charge is 0.399 e. The lowest BCUT2D eigenvalue weighted by molar-refractivity contribution is 0.00578. The fourth-order valence-corrected chi connectivity index (χ4v) is 14.4. The Morgan fingerprint density at radius 3 is 1.17 bits per heavy atom. The standard InChI is InChI=1S/C38H32BNO2.C38H24BrN.C6H4BrI/c1-37(2)38(3,4)42-39(41-37)27-14-12-13-25(23-27)26-21-22-34-33(24-26)35-31-19-10-8-17-29(31)30-18-9-11-20-32(30)36(35)40(34)28-15-6-5-7-16-28;39-35-20-9-8-15-29(35)27-12-10-11-25(23-27)26-21-22-36-34(24-26)37-32-18-6-4-16-30(32)31-17-5-7-19-33(31)38(37)40(36)28-13-2-1-3-14-28;7-5-3-1-2-4-6(5)8/h5-24H,1-4H3;1-24H;1-4H. The summed E-state index contributed by atoms with van der Waals surface area (Å²) in [5.41, 5.74) is 14.7. The fourth-order valence-electron chi connectivity index (χ4n) is 13.3. The van der Waals surface area contributed by atoms with Gasteiger partial charge in [-0.25, -0.2) is 0 Å². The molecule has 0 atom stereocenters. The minimum absolute atomic E-state index is 0.379. The first-order valence-corrected chi connectivity index (χ1v) is 33.1. The summed E-state index contributed by atoms with van der Waals surface area (Å²) in [5, 5.41) is 15.3. The molecule has 1 saturated heterocycles. The van der Waals surface area contributed by atoms with Crippen LogP contribution >= 0.6 is 54.5 Å². The molecule has 2 aromatic heterocycles. The quantitative estimate of drug-likeness (QED) is 0.0943. The summed E-state index contributed by atoms with van der Waals surface area (Å²) in [6, 6.07) is 105. The fraction of sp³-hybridized carbons (Fsp3) is 0.0732. The van der Waals surface area contributed by atoms with E-state index in [-0.39, 0.29) is 11.2 Å². The van der Waals surface area contributed by atoms with Crippen molar-refractivity contribution in [2.45, 2.75) is 38.9 Å². The van der Waals surface area contributed by atoms with E-state index in [9.17, 15) is 0 Å². The Morgan fingerprint density at radius 2 is 0.700 bits per heavy atom. The first kappa shape index (κ1) is 57.8. The van der Waals surface area contributed by atoms with Crippen molar-refractivity contribution in [1.29, 1.82) is 0 Å². The van der Waals surface area contributed by atoms with Gasteiger partial charge in [-0.15, -0.1) is 0 Å². The van der Waals surface area contributed by atoms with Crippen molar-refractivity contribution in [1.82, 2.24) is 9.13 Å². The number of hydrogen-bond acceptors (Lipinski definition) is 2. The lowest BCUT2D eigenvalue weighted by atomic mass is 9.78. The number of halogens is 3. The number of hydrogen-bond donors (Lipinski definition) is 0. The number of rotatable bonds is 6. The maximum atomic E-state index is 6.38. The van der Waals surface area contributed by atoms with Gasteiger partial charge in [-0.2, -0.15) is 0 Å². The third kappa shape index (κ3) is 10.2. The van der Waals surface area contributed by atoms with Crippen LogP contribution in [0.2, 0.25) is 0 Å². The zero-order valence-corrected chi connectivity index (χ0v) is 55.5. The molecule has 4 nitrogen and oxygen atoms in total. The first-order chi connectivity index (χ1) is 43.9. The van der Waals surface area contributed by atoms with E-state index in [1.54, 1.807) is 0 Å². The van der Waals surface area contributed by atoms with E-state index in [1.165, 1.54) is 128 Å². The topological polar surface area (TPSA) is 28.3 Å². The predicted octanol–water partition coefficient (Wildman–Crippen LogP) is 23.3. The van der Waals surface area contributed by atoms with E-state index in [1.807, 2.05) is 18.2 Å². The van der Waals surface area contributed by atoms with Gasteiger partial charge >= 0.3 is 7.12 Å². The normalized spacial score (nSPS) is 13.6. The van der Waals surface area contributed by atoms with Crippen molar-refractivity contribution >= 4 is 154 Å². The number of fused-ring (bicyclic) bond motifs is 16. The van der Waals surface area contributed by atoms with E-state index in [0.717, 1.165) is 21.2 Å². The SMILES string of the molecule is Brc1ccccc1-c1cccc(-c2ccc3c(c2)c2c4ccccc4c4ccccc4c2n3-c2ccccc2)c1.Brc1ccccc1I.CC1(C)OB(c2cccc(-c3ccc4c(c3)c3c5ccccc5c5ccccc5c3n4-c3ccccc3)c2)OC1(C)C. The van der Waals surface area contributed by atoms with Gasteiger partial charge < -0.3 is 18.4 Å². The van der Waals surface area contributed by atoms with Crippen molar-refractivity contribution in [3.05, 3.63) is 304 Å². The highest BCUT2D eigenvalue weighted by Crippen LogP contribution is 2.46. The molecule has 3 heterocycles. The van der Waals surface area contributed by atoms with Crippen LogP contribution in [0.25, 0.3) is 131 Å². The van der Waals surface area contributed by atoms with Crippen molar-refractivity contribution in [3.8, 4) is 44.8 Å². The second kappa shape index (κ2) is 23.6. The average Bonchev–Trinajstić information content (AvgIpc) is 1.57. The van der Waals surface area contributed by atoms with Crippen molar-refractivity contribution in [2.24, 2.45) is 0 Å². The zero-order chi connectivity index (χ0) is 61.3. The lowest BCUT2D eigenvalue weighted by Crippen LogP contribution is -2.41. The molecule has 0 N–H and O–H groups in total. The van der Waals surface area contributed by atoms with Gasteiger partial charge in [0.15, 0.2) is 0 Å². The van der Waals surface area contributed by atoms with Crippen LogP contribution in [-0.4, -0.2) is 27.5 Å². The molecule has 90 heavy (non-hydrogen) atoms. The molecule has 0 aliphatic carbocycles. The molecule has 0 spiro atoms. The summed E-state index contributed by atoms with van der Waals surface area (Å²) in [6.45, 7) is 8.39. The first-order valence-electron chi connectivity index (χ1n) is 30.5. The highest BCUT2D eigenvalue weighted by atomic mass is 127. The van der Waals surface area contributed by atoms with Crippen molar-refractivity contribution in [2.75, 3.05) is 0 Å². The monoisotopic (exact) mass is 1400 g/mol. The van der Waals surface area contributed by atoms with Crippen LogP contribution in [0, 0.1) is 3.57 Å². The molecule has 17 rings (SSSR count). The van der Waals surface area contributed by atoms with Crippen LogP contribution < -0.4 is 5.46 Å². The maximum absolute atomic E-state index is 6.38. The minimum atomic E-state index is -0.394. The third-order valence-corrected chi connectivity index (χ3v) is 21.3. The largest absolute Gasteiger partial charge is 0.494 e. The van der Waals surface area contributed by atoms with Gasteiger partial charge in [-0.05, 0) is 210 Å². The number of benzene rings is 14. The molecular weight excluding hydrogens is 1340 g/mol. The number of nitrogens with zero attached hydrogens (tertiary/aromatic N) is 2. The Bertz CT molecular complexity index is 5410. The molecule has 0 radical (unpaired) electrons. The molecule has 14 aromatic carbocycles. The molecule has 0 unspecified atom stereocenters. The number of aromatic nitrogens is 2. The summed E-state index contributed by atoms with van der Waals surface area (Å²) in [7, 11) is -0.394. The summed E-state index contributed by atoms with van der Waals surface area (Å²) < 4.78 is 21.2. The van der Waals surface area contributed by atoms with Gasteiger partial charge in [0.25, 0.3) is 0 Å². The summed E-state index contributed by atoms with van der Waals surface area (Å²) in [4.78, 5) is 0. The molecule has 0 amide bonds. The van der Waals surface area contributed by atoms with Crippen LogP contribution in [0.3, 0.4) is 0 Å². The molecule has 0 bridgehead atoms. The van der Waals surface area contributed by atoms with E-state index in [0.29, 0.717) is 0 Å². The van der Waals surface area contributed by atoms with E-state index < -0.39 is 7.12 Å². The summed E-state index contributed by atoms with van der Waals surface area (Å²) >= 11 is 9.40. The molecule has 1 aliphatic heterocycles. The highest BCUT2D eigenvalue weighted by Gasteiger charge is 2.51. The van der Waals surface area contributed by atoms with Gasteiger partial charge in [-0.1, -0.05) is 234 Å². The van der Waals surface area contributed by atoms with Crippen LogP contribution in [0.15, 0.2) is 300 Å². The van der Waals surface area contributed by atoms with Gasteiger partial charge in [0.2, 0.25) is 0 Å². The van der Waals surface area contributed by atoms with Gasteiger partial charge in [0.1, 0.15) is 0 Å². The third-order valence-electron chi connectivity index (χ3n) is 18.3. The Balaban J connectivity index is 0.000000134. The Kier molecular flexibility index (Phi) is 15.2. The maximum Gasteiger partial charge on any atom is 0.494 e. The van der Waals surface area contributed by atoms with Crippen LogP contribution in [-0.2, 0) is 9.31 Å². The molecule has 8 heteroatoms. The van der Waals surface area contributed by atoms with Crippen molar-refractivity contribution in [3.63, 3.8) is 0 Å². The van der Waals surface area contributed by atoms with Gasteiger partial charge in [0, 0.05) is 56.2 Å². The number of para-hydroxylation sites is 2. The van der Waals surface area contributed by atoms with E-state index >= 15 is 0 Å². The van der Waals surface area contributed by atoms with Crippen LogP contribution in [0.4, 0.5) is 0 Å². The molecular formula is C82H60BBr2IN2O2. The second-order valence-corrected chi connectivity index (χ2v) is 27.0. The summed E-state index contributed by atoms with van der Waals surface area (Å²) in [5.74, 6) is 0. The zero-order valence-electron chi connectivity index (χ0n) is 50.1. The van der Waals surface area contributed by atoms with Gasteiger partial charge in [-0.3, -0.25) is 0 Å². The molecule has 1 fully saturated rings. The molecule has 16 aromatic rings. The second-order valence-electron chi connectivity index (χ2n) is 24.1. The van der Waals surface area contributed by atoms with Gasteiger partial charge in [0.05, 0.1) is 33.3 Å². The average molecular weight is 1400 g/mol. The highest BCUT2D eigenvalue weighted by molar-refractivity contribution is 14.1. The van der Waals surface area contributed by atoms with Crippen LogP contribution in [0.1, 0.15) is 27.7 Å². The Morgan fingerprint density at radius 1 is 0.322 bits per heavy atom. The minimum Gasteiger partial charge on any atom is -0.399 e. The Labute approximate surface area is 554 Å².